The third kappa shape index (κ3) is 5.75. The van der Waals surface area contributed by atoms with Gasteiger partial charge in [0.1, 0.15) is 6.61 Å². The van der Waals surface area contributed by atoms with Gasteiger partial charge in [-0.2, -0.15) is 5.10 Å². The molecule has 140 valence electrons. The van der Waals surface area contributed by atoms with Crippen LogP contribution in [0.2, 0.25) is 5.02 Å². The lowest BCUT2D eigenvalue weighted by Gasteiger charge is -2.13. The number of ether oxygens (including phenoxy) is 2. The van der Waals surface area contributed by atoms with E-state index in [0.717, 1.165) is 5.56 Å². The fourth-order valence-corrected chi connectivity index (χ4v) is 2.90. The van der Waals surface area contributed by atoms with Gasteiger partial charge in [0.25, 0.3) is 5.91 Å². The average molecular weight is 450 g/mol. The molecule has 0 spiro atoms. The van der Waals surface area contributed by atoms with E-state index in [2.05, 4.69) is 32.4 Å². The summed E-state index contributed by atoms with van der Waals surface area (Å²) in [5.41, 5.74) is 4.51. The van der Waals surface area contributed by atoms with Crippen molar-refractivity contribution in [3.63, 3.8) is 0 Å². The SMILES string of the molecule is C#CCOc1c(Br)cc(/C=N\NC(=O)c2ccc(C)c(Cl)c2)cc1OCC. The van der Waals surface area contributed by atoms with E-state index in [0.29, 0.717) is 38.7 Å². The predicted molar refractivity (Wildman–Crippen MR) is 111 cm³/mol. The van der Waals surface area contributed by atoms with Gasteiger partial charge in [0.05, 0.1) is 17.3 Å². The standard InChI is InChI=1S/C20H18BrClN2O3/c1-4-8-27-19-16(21)9-14(10-18(19)26-5-2)12-23-24-20(25)15-7-6-13(3)17(22)11-15/h1,6-7,9-12H,5,8H2,2-3H3,(H,24,25)/b23-12-. The quantitative estimate of drug-likeness (QED) is 0.382. The maximum Gasteiger partial charge on any atom is 0.271 e. The van der Waals surface area contributed by atoms with Gasteiger partial charge in [-0.05, 0) is 65.2 Å². The fraction of sp³-hybridized carbons (Fsp3) is 0.200. The second-order valence-electron chi connectivity index (χ2n) is 5.42. The predicted octanol–water partition coefficient (Wildman–Crippen LogP) is 4.59. The van der Waals surface area contributed by atoms with Crippen LogP contribution >= 0.6 is 27.5 Å². The highest BCUT2D eigenvalue weighted by Crippen LogP contribution is 2.36. The number of nitrogens with zero attached hydrogens (tertiary/aromatic N) is 1. The molecule has 0 saturated carbocycles. The van der Waals surface area contributed by atoms with Crippen LogP contribution in [0.1, 0.15) is 28.4 Å². The maximum absolute atomic E-state index is 12.2. The number of carbonyl (C=O) groups is 1. The van der Waals surface area contributed by atoms with Crippen molar-refractivity contribution >= 4 is 39.7 Å². The first-order chi connectivity index (χ1) is 13.0. The second-order valence-corrected chi connectivity index (χ2v) is 6.68. The number of rotatable bonds is 7. The zero-order chi connectivity index (χ0) is 19.8. The highest BCUT2D eigenvalue weighted by atomic mass is 79.9. The van der Waals surface area contributed by atoms with Gasteiger partial charge in [-0.25, -0.2) is 5.43 Å². The van der Waals surface area contributed by atoms with Crippen LogP contribution in [0.4, 0.5) is 0 Å². The molecule has 0 aliphatic carbocycles. The molecule has 0 unspecified atom stereocenters. The van der Waals surface area contributed by atoms with Crippen molar-refractivity contribution in [3.05, 3.63) is 56.5 Å². The van der Waals surface area contributed by atoms with E-state index in [1.54, 1.807) is 30.3 Å². The fourth-order valence-electron chi connectivity index (χ4n) is 2.14. The lowest BCUT2D eigenvalue weighted by atomic mass is 10.1. The molecule has 2 rings (SSSR count). The molecule has 2 aromatic carbocycles. The Balaban J connectivity index is 2.14. The number of halogens is 2. The lowest BCUT2D eigenvalue weighted by Crippen LogP contribution is -2.17. The molecular formula is C20H18BrClN2O3. The number of amides is 1. The largest absolute Gasteiger partial charge is 0.490 e. The van der Waals surface area contributed by atoms with Crippen molar-refractivity contribution in [1.82, 2.24) is 5.43 Å². The smallest absolute Gasteiger partial charge is 0.271 e. The molecule has 5 nitrogen and oxygen atoms in total. The Kier molecular flexibility index (Phi) is 7.71. The molecule has 1 amide bonds. The minimum absolute atomic E-state index is 0.126. The van der Waals surface area contributed by atoms with Crippen molar-refractivity contribution < 1.29 is 14.3 Å². The van der Waals surface area contributed by atoms with Gasteiger partial charge in [0.2, 0.25) is 0 Å². The lowest BCUT2D eigenvalue weighted by molar-refractivity contribution is 0.0955. The van der Waals surface area contributed by atoms with Gasteiger partial charge in [-0.15, -0.1) is 6.42 Å². The van der Waals surface area contributed by atoms with E-state index < -0.39 is 0 Å². The van der Waals surface area contributed by atoms with Crippen molar-refractivity contribution in [2.24, 2.45) is 5.10 Å². The third-order valence-electron chi connectivity index (χ3n) is 3.45. The molecule has 0 aromatic heterocycles. The highest BCUT2D eigenvalue weighted by Gasteiger charge is 2.12. The molecule has 0 fully saturated rings. The van der Waals surface area contributed by atoms with Crippen LogP contribution in [-0.4, -0.2) is 25.3 Å². The molecule has 2 aromatic rings. The molecular weight excluding hydrogens is 432 g/mol. The summed E-state index contributed by atoms with van der Waals surface area (Å²) in [4.78, 5) is 12.2. The topological polar surface area (TPSA) is 59.9 Å². The molecule has 0 atom stereocenters. The zero-order valence-electron chi connectivity index (χ0n) is 14.9. The number of terminal acetylenes is 1. The van der Waals surface area contributed by atoms with Gasteiger partial charge >= 0.3 is 0 Å². The van der Waals surface area contributed by atoms with Gasteiger partial charge < -0.3 is 9.47 Å². The van der Waals surface area contributed by atoms with Crippen LogP contribution in [0.15, 0.2) is 39.9 Å². The molecule has 1 N–H and O–H groups in total. The number of carbonyl (C=O) groups excluding carboxylic acids is 1. The Hall–Kier alpha value is -2.49. The number of aryl methyl sites for hydroxylation is 1. The Bertz CT molecular complexity index is 907. The molecule has 0 bridgehead atoms. The van der Waals surface area contributed by atoms with Crippen LogP contribution < -0.4 is 14.9 Å². The van der Waals surface area contributed by atoms with E-state index in [-0.39, 0.29) is 12.5 Å². The highest BCUT2D eigenvalue weighted by molar-refractivity contribution is 9.10. The minimum Gasteiger partial charge on any atom is -0.490 e. The number of hydrogen-bond acceptors (Lipinski definition) is 4. The first-order valence-corrected chi connectivity index (χ1v) is 9.25. The minimum atomic E-state index is -0.355. The van der Waals surface area contributed by atoms with Crippen molar-refractivity contribution in [3.8, 4) is 23.8 Å². The summed E-state index contributed by atoms with van der Waals surface area (Å²) in [6, 6.07) is 8.60. The van der Waals surface area contributed by atoms with E-state index in [1.165, 1.54) is 6.21 Å². The molecule has 7 heteroatoms. The summed E-state index contributed by atoms with van der Waals surface area (Å²) in [5, 5.41) is 4.51. The van der Waals surface area contributed by atoms with Crippen molar-refractivity contribution in [2.75, 3.05) is 13.2 Å². The molecule has 0 aliphatic rings. The van der Waals surface area contributed by atoms with Crippen molar-refractivity contribution in [1.29, 1.82) is 0 Å². The van der Waals surface area contributed by atoms with Gasteiger partial charge in [0, 0.05) is 10.6 Å². The first-order valence-electron chi connectivity index (χ1n) is 8.08. The zero-order valence-corrected chi connectivity index (χ0v) is 17.2. The molecule has 0 aliphatic heterocycles. The number of hydrogen-bond donors (Lipinski definition) is 1. The monoisotopic (exact) mass is 448 g/mol. The average Bonchev–Trinajstić information content (AvgIpc) is 2.63. The van der Waals surface area contributed by atoms with Gasteiger partial charge in [0.15, 0.2) is 11.5 Å². The summed E-state index contributed by atoms with van der Waals surface area (Å²) >= 11 is 9.47. The molecule has 27 heavy (non-hydrogen) atoms. The van der Waals surface area contributed by atoms with Crippen LogP contribution in [-0.2, 0) is 0 Å². The number of benzene rings is 2. The maximum atomic E-state index is 12.2. The normalized spacial score (nSPS) is 10.5. The number of hydrazone groups is 1. The summed E-state index contributed by atoms with van der Waals surface area (Å²) in [5.74, 6) is 3.11. The van der Waals surface area contributed by atoms with Crippen molar-refractivity contribution in [2.45, 2.75) is 13.8 Å². The second kappa shape index (κ2) is 10.0. The molecule has 0 heterocycles. The van der Waals surface area contributed by atoms with E-state index in [9.17, 15) is 4.79 Å². The van der Waals surface area contributed by atoms with Crippen LogP contribution in [0.3, 0.4) is 0 Å². The molecule has 0 saturated heterocycles. The van der Waals surface area contributed by atoms with Crippen LogP contribution in [0.5, 0.6) is 11.5 Å². The van der Waals surface area contributed by atoms with E-state index >= 15 is 0 Å². The number of nitrogens with one attached hydrogen (secondary N) is 1. The third-order valence-corrected chi connectivity index (χ3v) is 4.44. The first kappa shape index (κ1) is 20.8. The Morgan fingerprint density at radius 1 is 1.37 bits per heavy atom. The Morgan fingerprint density at radius 2 is 2.15 bits per heavy atom. The summed E-state index contributed by atoms with van der Waals surface area (Å²) in [7, 11) is 0. The Morgan fingerprint density at radius 3 is 2.81 bits per heavy atom. The van der Waals surface area contributed by atoms with Gasteiger partial charge in [-0.3, -0.25) is 4.79 Å². The van der Waals surface area contributed by atoms with Crippen LogP contribution in [0.25, 0.3) is 0 Å². The van der Waals surface area contributed by atoms with E-state index in [1.807, 2.05) is 13.8 Å². The summed E-state index contributed by atoms with van der Waals surface area (Å²) in [6.07, 6.45) is 6.75. The van der Waals surface area contributed by atoms with Gasteiger partial charge in [-0.1, -0.05) is 23.6 Å². The Labute approximate surface area is 171 Å². The summed E-state index contributed by atoms with van der Waals surface area (Å²) in [6.45, 7) is 4.32. The molecule has 0 radical (unpaired) electrons. The summed E-state index contributed by atoms with van der Waals surface area (Å²) < 4.78 is 11.8. The van der Waals surface area contributed by atoms with E-state index in [4.69, 9.17) is 27.5 Å². The van der Waals surface area contributed by atoms with Crippen LogP contribution in [0, 0.1) is 19.3 Å².